The van der Waals surface area contributed by atoms with Crippen molar-refractivity contribution in [3.63, 3.8) is 0 Å². The molecular weight excluding hydrogens is 274 g/mol. The van der Waals surface area contributed by atoms with Crippen LogP contribution in [0.25, 0.3) is 0 Å². The van der Waals surface area contributed by atoms with Crippen LogP contribution in [0.4, 0.5) is 0 Å². The molecule has 108 valence electrons. The summed E-state index contributed by atoms with van der Waals surface area (Å²) in [7, 11) is 3.60. The number of aromatic nitrogens is 2. The minimum absolute atomic E-state index is 0.722. The van der Waals surface area contributed by atoms with Crippen molar-refractivity contribution < 1.29 is 4.74 Å². The molecule has 5 heteroatoms. The molecule has 0 aliphatic carbocycles. The van der Waals surface area contributed by atoms with E-state index in [2.05, 4.69) is 22.5 Å². The van der Waals surface area contributed by atoms with Crippen molar-refractivity contribution in [3.8, 4) is 5.75 Å². The van der Waals surface area contributed by atoms with Crippen molar-refractivity contribution in [3.05, 3.63) is 46.2 Å². The Hall–Kier alpha value is -1.52. The van der Waals surface area contributed by atoms with Crippen LogP contribution in [0.1, 0.15) is 17.0 Å². The first-order valence-corrected chi connectivity index (χ1v) is 7.01. The molecule has 1 heterocycles. The molecular formula is C15H20ClN3O. The molecule has 0 aliphatic heterocycles. The molecule has 1 N–H and O–H groups in total. The van der Waals surface area contributed by atoms with Gasteiger partial charge in [0.15, 0.2) is 0 Å². The van der Waals surface area contributed by atoms with E-state index in [1.54, 1.807) is 7.11 Å². The molecule has 0 saturated carbocycles. The molecule has 0 aliphatic rings. The lowest BCUT2D eigenvalue weighted by molar-refractivity contribution is 0.414. The van der Waals surface area contributed by atoms with Crippen LogP contribution >= 0.6 is 11.6 Å². The van der Waals surface area contributed by atoms with Gasteiger partial charge in [0.2, 0.25) is 0 Å². The van der Waals surface area contributed by atoms with Crippen molar-refractivity contribution in [1.82, 2.24) is 15.1 Å². The number of ether oxygens (including phenoxy) is 1. The maximum Gasteiger partial charge on any atom is 0.119 e. The smallest absolute Gasteiger partial charge is 0.119 e. The minimum atomic E-state index is 0.722. The van der Waals surface area contributed by atoms with Crippen LogP contribution in [0.5, 0.6) is 5.75 Å². The number of rotatable bonds is 6. The van der Waals surface area contributed by atoms with Gasteiger partial charge in [-0.3, -0.25) is 4.68 Å². The zero-order chi connectivity index (χ0) is 14.5. The fourth-order valence-corrected chi connectivity index (χ4v) is 2.37. The second kappa shape index (κ2) is 6.77. The lowest BCUT2D eigenvalue weighted by Gasteiger charge is -2.07. The average Bonchev–Trinajstić information content (AvgIpc) is 2.69. The number of methoxy groups -OCH3 is 1. The Labute approximate surface area is 124 Å². The molecule has 1 aromatic heterocycles. The van der Waals surface area contributed by atoms with E-state index in [9.17, 15) is 0 Å². The Morgan fingerprint density at radius 3 is 2.85 bits per heavy atom. The largest absolute Gasteiger partial charge is 0.497 e. The monoisotopic (exact) mass is 293 g/mol. The summed E-state index contributed by atoms with van der Waals surface area (Å²) < 4.78 is 7.04. The predicted octanol–water partition coefficient (Wildman–Crippen LogP) is 2.72. The first-order valence-electron chi connectivity index (χ1n) is 6.63. The van der Waals surface area contributed by atoms with Gasteiger partial charge in [0.05, 0.1) is 23.5 Å². The Morgan fingerprint density at radius 1 is 1.40 bits per heavy atom. The summed E-state index contributed by atoms with van der Waals surface area (Å²) in [6.07, 6.45) is 0.950. The Morgan fingerprint density at radius 2 is 2.20 bits per heavy atom. The molecule has 0 amide bonds. The van der Waals surface area contributed by atoms with E-state index in [0.717, 1.165) is 41.7 Å². The lowest BCUT2D eigenvalue weighted by Crippen LogP contribution is -2.18. The first kappa shape index (κ1) is 14.9. The second-order valence-electron chi connectivity index (χ2n) is 4.75. The summed E-state index contributed by atoms with van der Waals surface area (Å²) in [4.78, 5) is 0. The number of aryl methyl sites for hydroxylation is 2. The van der Waals surface area contributed by atoms with E-state index < -0.39 is 0 Å². The van der Waals surface area contributed by atoms with Gasteiger partial charge in [0, 0.05) is 13.6 Å². The molecule has 20 heavy (non-hydrogen) atoms. The van der Waals surface area contributed by atoms with Crippen LogP contribution in [0.3, 0.4) is 0 Å². The van der Waals surface area contributed by atoms with Crippen molar-refractivity contribution in [2.75, 3.05) is 13.7 Å². The normalized spacial score (nSPS) is 10.8. The van der Waals surface area contributed by atoms with Gasteiger partial charge in [0.25, 0.3) is 0 Å². The van der Waals surface area contributed by atoms with Gasteiger partial charge >= 0.3 is 0 Å². The quantitative estimate of drug-likeness (QED) is 0.833. The zero-order valence-corrected chi connectivity index (χ0v) is 12.9. The number of nitrogens with zero attached hydrogens (tertiary/aromatic N) is 2. The molecule has 0 radical (unpaired) electrons. The topological polar surface area (TPSA) is 39.1 Å². The van der Waals surface area contributed by atoms with Crippen molar-refractivity contribution in [1.29, 1.82) is 0 Å². The van der Waals surface area contributed by atoms with Crippen molar-refractivity contribution in [2.24, 2.45) is 7.05 Å². The number of nitrogens with one attached hydrogen (secondary N) is 1. The lowest BCUT2D eigenvalue weighted by atomic mass is 10.1. The number of benzene rings is 1. The highest BCUT2D eigenvalue weighted by Crippen LogP contribution is 2.19. The molecule has 0 spiro atoms. The zero-order valence-electron chi connectivity index (χ0n) is 12.1. The third-order valence-electron chi connectivity index (χ3n) is 3.28. The fraction of sp³-hybridized carbons (Fsp3) is 0.400. The number of hydrogen-bond donors (Lipinski definition) is 1. The van der Waals surface area contributed by atoms with Crippen LogP contribution < -0.4 is 10.1 Å². The maximum atomic E-state index is 6.21. The standard InChI is InChI=1S/C15H20ClN3O/c1-11-15(16)14(19(2)18-11)10-17-8-7-12-5-4-6-13(9-12)20-3/h4-6,9,17H,7-8,10H2,1-3H3. The highest BCUT2D eigenvalue weighted by molar-refractivity contribution is 6.31. The van der Waals surface area contributed by atoms with E-state index in [4.69, 9.17) is 16.3 Å². The van der Waals surface area contributed by atoms with E-state index in [-0.39, 0.29) is 0 Å². The summed E-state index contributed by atoms with van der Waals surface area (Å²) >= 11 is 6.21. The fourth-order valence-electron chi connectivity index (χ4n) is 2.14. The summed E-state index contributed by atoms with van der Waals surface area (Å²) in [5, 5.41) is 8.45. The summed E-state index contributed by atoms with van der Waals surface area (Å²) in [5.41, 5.74) is 3.15. The van der Waals surface area contributed by atoms with Gasteiger partial charge in [-0.1, -0.05) is 23.7 Å². The van der Waals surface area contributed by atoms with Gasteiger partial charge in [-0.15, -0.1) is 0 Å². The molecule has 0 atom stereocenters. The third-order valence-corrected chi connectivity index (χ3v) is 3.77. The SMILES string of the molecule is COc1cccc(CCNCc2c(Cl)c(C)nn2C)c1. The summed E-state index contributed by atoms with van der Waals surface area (Å²) in [5.74, 6) is 0.896. The summed E-state index contributed by atoms with van der Waals surface area (Å²) in [6, 6.07) is 8.12. The van der Waals surface area contributed by atoms with Crippen molar-refractivity contribution >= 4 is 11.6 Å². The molecule has 0 fully saturated rings. The van der Waals surface area contributed by atoms with Gasteiger partial charge in [-0.2, -0.15) is 5.10 Å². The molecule has 1 aromatic carbocycles. The first-order chi connectivity index (χ1) is 9.61. The third kappa shape index (κ3) is 3.52. The molecule has 4 nitrogen and oxygen atoms in total. The highest BCUT2D eigenvalue weighted by Gasteiger charge is 2.09. The van der Waals surface area contributed by atoms with Crippen LogP contribution in [0, 0.1) is 6.92 Å². The summed E-state index contributed by atoms with van der Waals surface area (Å²) in [6.45, 7) is 3.52. The van der Waals surface area contributed by atoms with E-state index >= 15 is 0 Å². The number of hydrogen-bond acceptors (Lipinski definition) is 3. The molecule has 0 saturated heterocycles. The molecule has 0 unspecified atom stereocenters. The maximum absolute atomic E-state index is 6.21. The predicted molar refractivity (Wildman–Crippen MR) is 81.4 cm³/mol. The average molecular weight is 294 g/mol. The van der Waals surface area contributed by atoms with E-state index in [0.29, 0.717) is 0 Å². The minimum Gasteiger partial charge on any atom is -0.497 e. The Kier molecular flexibility index (Phi) is 5.04. The van der Waals surface area contributed by atoms with Gasteiger partial charge < -0.3 is 10.1 Å². The van der Waals surface area contributed by atoms with Crippen molar-refractivity contribution in [2.45, 2.75) is 19.9 Å². The molecule has 0 bridgehead atoms. The van der Waals surface area contributed by atoms with Gasteiger partial charge in [-0.25, -0.2) is 0 Å². The van der Waals surface area contributed by atoms with E-state index in [1.165, 1.54) is 5.56 Å². The van der Waals surface area contributed by atoms with Crippen LogP contribution in [-0.2, 0) is 20.0 Å². The van der Waals surface area contributed by atoms with E-state index in [1.807, 2.05) is 30.8 Å². The Balaban J connectivity index is 1.84. The molecule has 2 rings (SSSR count). The van der Waals surface area contributed by atoms with Crippen LogP contribution in [0.2, 0.25) is 5.02 Å². The second-order valence-corrected chi connectivity index (χ2v) is 5.13. The molecule has 2 aromatic rings. The highest BCUT2D eigenvalue weighted by atomic mass is 35.5. The van der Waals surface area contributed by atoms with Crippen LogP contribution in [-0.4, -0.2) is 23.4 Å². The number of halogens is 1. The van der Waals surface area contributed by atoms with Crippen LogP contribution in [0.15, 0.2) is 24.3 Å². The van der Waals surface area contributed by atoms with Gasteiger partial charge in [0.1, 0.15) is 5.75 Å². The Bertz CT molecular complexity index is 580. The van der Waals surface area contributed by atoms with Gasteiger partial charge in [-0.05, 0) is 37.6 Å².